The van der Waals surface area contributed by atoms with Crippen LogP contribution in [0.5, 0.6) is 0 Å². The van der Waals surface area contributed by atoms with Crippen LogP contribution in [0.4, 0.5) is 0 Å². The number of aliphatic hydroxyl groups is 1. The van der Waals surface area contributed by atoms with E-state index in [4.69, 9.17) is 5.11 Å². The van der Waals surface area contributed by atoms with Gasteiger partial charge in [-0.15, -0.1) is 0 Å². The van der Waals surface area contributed by atoms with Crippen molar-refractivity contribution in [1.29, 1.82) is 0 Å². The lowest BCUT2D eigenvalue weighted by Crippen LogP contribution is -2.43. The molecule has 0 aromatic carbocycles. The Bertz CT molecular complexity index is 189. The average molecular weight is 256 g/mol. The largest absolute Gasteiger partial charge is 0.396 e. The Morgan fingerprint density at radius 2 is 1.78 bits per heavy atom. The minimum atomic E-state index is 0.349. The molecule has 1 rings (SSSR count). The molecule has 3 nitrogen and oxygen atoms in total. The van der Waals surface area contributed by atoms with Crippen LogP contribution >= 0.6 is 0 Å². The molecule has 0 amide bonds. The van der Waals surface area contributed by atoms with E-state index in [1.54, 1.807) is 0 Å². The molecule has 0 unspecified atom stereocenters. The van der Waals surface area contributed by atoms with Crippen LogP contribution < -0.4 is 5.32 Å². The van der Waals surface area contributed by atoms with Crippen molar-refractivity contribution in [2.45, 2.75) is 58.4 Å². The summed E-state index contributed by atoms with van der Waals surface area (Å²) in [5.41, 5.74) is 0. The molecule has 0 aromatic rings. The van der Waals surface area contributed by atoms with Crippen LogP contribution in [0.15, 0.2) is 0 Å². The molecule has 3 heteroatoms. The highest BCUT2D eigenvalue weighted by atomic mass is 16.2. The van der Waals surface area contributed by atoms with Crippen LogP contribution in [-0.2, 0) is 0 Å². The summed E-state index contributed by atoms with van der Waals surface area (Å²) in [6.07, 6.45) is 7.26. The van der Waals surface area contributed by atoms with Crippen molar-refractivity contribution in [2.24, 2.45) is 5.92 Å². The smallest absolute Gasteiger partial charge is 0.0431 e. The third kappa shape index (κ3) is 7.34. The summed E-state index contributed by atoms with van der Waals surface area (Å²) in [6.45, 7) is 9.89. The normalized spacial score (nSPS) is 18.7. The van der Waals surface area contributed by atoms with Gasteiger partial charge in [0.2, 0.25) is 0 Å². The van der Waals surface area contributed by atoms with E-state index < -0.39 is 0 Å². The van der Waals surface area contributed by atoms with Crippen molar-refractivity contribution in [3.05, 3.63) is 0 Å². The van der Waals surface area contributed by atoms with Gasteiger partial charge in [-0.2, -0.15) is 0 Å². The van der Waals surface area contributed by atoms with Gasteiger partial charge in [0.15, 0.2) is 0 Å². The first kappa shape index (κ1) is 15.9. The summed E-state index contributed by atoms with van der Waals surface area (Å²) < 4.78 is 0. The van der Waals surface area contributed by atoms with E-state index in [1.807, 2.05) is 0 Å². The van der Waals surface area contributed by atoms with Gasteiger partial charge in [-0.05, 0) is 51.2 Å². The molecule has 2 N–H and O–H groups in total. The number of hydrogen-bond acceptors (Lipinski definition) is 3. The highest BCUT2D eigenvalue weighted by Gasteiger charge is 2.18. The van der Waals surface area contributed by atoms with Crippen molar-refractivity contribution in [3.8, 4) is 0 Å². The van der Waals surface area contributed by atoms with Gasteiger partial charge in [0.05, 0.1) is 0 Å². The zero-order chi connectivity index (χ0) is 13.2. The SMILES string of the molecule is CC(C)CN1CCC(NCCCCCCO)CC1. The maximum atomic E-state index is 8.69. The lowest BCUT2D eigenvalue weighted by atomic mass is 10.0. The van der Waals surface area contributed by atoms with E-state index in [-0.39, 0.29) is 0 Å². The highest BCUT2D eigenvalue weighted by molar-refractivity contribution is 4.77. The third-order valence-corrected chi connectivity index (χ3v) is 3.73. The molecule has 1 fully saturated rings. The van der Waals surface area contributed by atoms with Crippen molar-refractivity contribution in [3.63, 3.8) is 0 Å². The molecule has 1 saturated heterocycles. The molecule has 108 valence electrons. The number of likely N-dealkylation sites (tertiary alicyclic amines) is 1. The number of aliphatic hydroxyl groups excluding tert-OH is 1. The van der Waals surface area contributed by atoms with Gasteiger partial charge in [-0.1, -0.05) is 26.7 Å². The molecule has 0 spiro atoms. The van der Waals surface area contributed by atoms with Crippen molar-refractivity contribution in [2.75, 3.05) is 32.8 Å². The first-order valence-corrected chi connectivity index (χ1v) is 7.79. The molecule has 0 saturated carbocycles. The summed E-state index contributed by atoms with van der Waals surface area (Å²) in [5.74, 6) is 0.793. The highest BCUT2D eigenvalue weighted by Crippen LogP contribution is 2.12. The summed E-state index contributed by atoms with van der Waals surface area (Å²) in [4.78, 5) is 2.60. The molecule has 0 bridgehead atoms. The van der Waals surface area contributed by atoms with Crippen LogP contribution in [0.3, 0.4) is 0 Å². The molecular weight excluding hydrogens is 224 g/mol. The van der Waals surface area contributed by atoms with E-state index in [0.29, 0.717) is 6.61 Å². The topological polar surface area (TPSA) is 35.5 Å². The maximum absolute atomic E-state index is 8.69. The zero-order valence-corrected chi connectivity index (χ0v) is 12.3. The summed E-state index contributed by atoms with van der Waals surface area (Å²) in [7, 11) is 0. The van der Waals surface area contributed by atoms with Crippen molar-refractivity contribution >= 4 is 0 Å². The molecule has 1 heterocycles. The second-order valence-electron chi connectivity index (χ2n) is 6.06. The Hall–Kier alpha value is -0.120. The Balaban J connectivity index is 1.95. The molecule has 0 aliphatic carbocycles. The van der Waals surface area contributed by atoms with Gasteiger partial charge in [-0.3, -0.25) is 0 Å². The Kier molecular flexibility index (Phi) is 8.64. The average Bonchev–Trinajstić information content (AvgIpc) is 2.35. The molecule has 1 aliphatic rings. The standard InChI is InChI=1S/C15H32N2O/c1-14(2)13-17-10-7-15(8-11-17)16-9-5-3-4-6-12-18/h14-16,18H,3-13H2,1-2H3. The summed E-state index contributed by atoms with van der Waals surface area (Å²) >= 11 is 0. The second kappa shape index (κ2) is 9.76. The minimum absolute atomic E-state index is 0.349. The van der Waals surface area contributed by atoms with E-state index in [1.165, 1.54) is 51.7 Å². The van der Waals surface area contributed by atoms with Crippen LogP contribution in [0, 0.1) is 5.92 Å². The quantitative estimate of drug-likeness (QED) is 0.621. The molecule has 18 heavy (non-hydrogen) atoms. The van der Waals surface area contributed by atoms with E-state index >= 15 is 0 Å². The first-order valence-electron chi connectivity index (χ1n) is 7.79. The Morgan fingerprint density at radius 3 is 2.39 bits per heavy atom. The monoisotopic (exact) mass is 256 g/mol. The number of rotatable bonds is 9. The molecule has 0 atom stereocenters. The van der Waals surface area contributed by atoms with E-state index in [9.17, 15) is 0 Å². The van der Waals surface area contributed by atoms with Crippen LogP contribution in [0.1, 0.15) is 52.4 Å². The number of unbranched alkanes of at least 4 members (excludes halogenated alkanes) is 3. The fraction of sp³-hybridized carbons (Fsp3) is 1.00. The van der Waals surface area contributed by atoms with Gasteiger partial charge < -0.3 is 15.3 Å². The van der Waals surface area contributed by atoms with Crippen LogP contribution in [-0.4, -0.2) is 48.8 Å². The molecule has 0 radical (unpaired) electrons. The van der Waals surface area contributed by atoms with Crippen molar-refractivity contribution in [1.82, 2.24) is 10.2 Å². The third-order valence-electron chi connectivity index (χ3n) is 3.73. The van der Waals surface area contributed by atoms with Gasteiger partial charge >= 0.3 is 0 Å². The fourth-order valence-corrected chi connectivity index (χ4v) is 2.73. The predicted octanol–water partition coefficient (Wildman–Crippen LogP) is 2.25. The van der Waals surface area contributed by atoms with Crippen LogP contribution in [0.25, 0.3) is 0 Å². The van der Waals surface area contributed by atoms with Gasteiger partial charge in [0, 0.05) is 19.2 Å². The van der Waals surface area contributed by atoms with Gasteiger partial charge in [-0.25, -0.2) is 0 Å². The molecular formula is C15H32N2O. The Labute approximate surface area is 113 Å². The summed E-state index contributed by atoms with van der Waals surface area (Å²) in [6, 6.07) is 0.742. The van der Waals surface area contributed by atoms with Gasteiger partial charge in [0.1, 0.15) is 0 Å². The Morgan fingerprint density at radius 1 is 1.11 bits per heavy atom. The number of nitrogens with one attached hydrogen (secondary N) is 1. The zero-order valence-electron chi connectivity index (χ0n) is 12.3. The van der Waals surface area contributed by atoms with E-state index in [2.05, 4.69) is 24.1 Å². The predicted molar refractivity (Wildman–Crippen MR) is 77.9 cm³/mol. The number of piperidine rings is 1. The van der Waals surface area contributed by atoms with E-state index in [0.717, 1.165) is 24.9 Å². The number of nitrogens with zero attached hydrogens (tertiary/aromatic N) is 1. The van der Waals surface area contributed by atoms with Gasteiger partial charge in [0.25, 0.3) is 0 Å². The summed E-state index contributed by atoms with van der Waals surface area (Å²) in [5, 5.41) is 12.4. The maximum Gasteiger partial charge on any atom is 0.0431 e. The first-order chi connectivity index (χ1) is 8.72. The molecule has 0 aromatic heterocycles. The lowest BCUT2D eigenvalue weighted by molar-refractivity contribution is 0.180. The number of hydrogen-bond donors (Lipinski definition) is 2. The van der Waals surface area contributed by atoms with Crippen LogP contribution in [0.2, 0.25) is 0 Å². The fourth-order valence-electron chi connectivity index (χ4n) is 2.73. The lowest BCUT2D eigenvalue weighted by Gasteiger charge is -2.33. The second-order valence-corrected chi connectivity index (χ2v) is 6.06. The minimum Gasteiger partial charge on any atom is -0.396 e. The molecule has 1 aliphatic heterocycles. The van der Waals surface area contributed by atoms with Crippen molar-refractivity contribution < 1.29 is 5.11 Å².